The zero-order valence-electron chi connectivity index (χ0n) is 14.3. The molecule has 0 aliphatic carbocycles. The quantitative estimate of drug-likeness (QED) is 0.696. The molecule has 0 unspecified atom stereocenters. The van der Waals surface area contributed by atoms with Crippen LogP contribution in [0.25, 0.3) is 0 Å². The number of carbonyl (C=O) groups is 1. The summed E-state index contributed by atoms with van der Waals surface area (Å²) in [5.74, 6) is -1.97. The second-order valence-electron chi connectivity index (χ2n) is 5.89. The molecule has 26 heavy (non-hydrogen) atoms. The lowest BCUT2D eigenvalue weighted by molar-refractivity contribution is 0.102. The summed E-state index contributed by atoms with van der Waals surface area (Å²) < 4.78 is 26.2. The summed E-state index contributed by atoms with van der Waals surface area (Å²) in [5, 5.41) is 5.82. The third-order valence-corrected chi connectivity index (χ3v) is 4.07. The van der Waals surface area contributed by atoms with E-state index in [1.165, 1.54) is 17.8 Å². The van der Waals surface area contributed by atoms with E-state index in [-0.39, 0.29) is 5.56 Å². The summed E-state index contributed by atoms with van der Waals surface area (Å²) in [6.45, 7) is 4.05. The number of amides is 1. The summed E-state index contributed by atoms with van der Waals surface area (Å²) >= 11 is 0. The van der Waals surface area contributed by atoms with E-state index in [2.05, 4.69) is 15.6 Å². The minimum absolute atomic E-state index is 0.0292. The number of carbonyl (C=O) groups excluding carboxylic acids is 1. The third kappa shape index (κ3) is 3.85. The number of aromatic nitrogens is 1. The summed E-state index contributed by atoms with van der Waals surface area (Å²) in [6.07, 6.45) is 1.49. The van der Waals surface area contributed by atoms with Crippen LogP contribution in [0.3, 0.4) is 0 Å². The smallest absolute Gasteiger partial charge is 0.255 e. The highest BCUT2D eigenvalue weighted by atomic mass is 19.2. The SMILES string of the molecule is Cc1cccc(Nc2ccc(NC(=O)c3ccc(F)c(F)c3)cn2)c1C. The predicted molar refractivity (Wildman–Crippen MR) is 97.7 cm³/mol. The van der Waals surface area contributed by atoms with Crippen LogP contribution in [0.4, 0.5) is 26.0 Å². The first kappa shape index (κ1) is 17.5. The van der Waals surface area contributed by atoms with Crippen molar-refractivity contribution in [2.24, 2.45) is 0 Å². The summed E-state index contributed by atoms with van der Waals surface area (Å²) in [7, 11) is 0. The van der Waals surface area contributed by atoms with Crippen molar-refractivity contribution in [3.05, 3.63) is 83.1 Å². The molecule has 3 aromatic rings. The molecule has 1 aromatic heterocycles. The van der Waals surface area contributed by atoms with Gasteiger partial charge >= 0.3 is 0 Å². The molecule has 0 atom stereocenters. The van der Waals surface area contributed by atoms with Crippen molar-refractivity contribution < 1.29 is 13.6 Å². The van der Waals surface area contributed by atoms with Crippen LogP contribution >= 0.6 is 0 Å². The zero-order valence-corrected chi connectivity index (χ0v) is 14.3. The molecule has 0 aliphatic heterocycles. The van der Waals surface area contributed by atoms with Gasteiger partial charge in [-0.3, -0.25) is 4.79 Å². The maximum Gasteiger partial charge on any atom is 0.255 e. The molecule has 2 aromatic carbocycles. The second-order valence-corrected chi connectivity index (χ2v) is 5.89. The Hall–Kier alpha value is -3.28. The number of pyridine rings is 1. The van der Waals surface area contributed by atoms with Gasteiger partial charge in [-0.2, -0.15) is 0 Å². The molecule has 132 valence electrons. The van der Waals surface area contributed by atoms with Gasteiger partial charge < -0.3 is 10.6 Å². The van der Waals surface area contributed by atoms with Crippen molar-refractivity contribution in [1.29, 1.82) is 0 Å². The van der Waals surface area contributed by atoms with Gasteiger partial charge in [0.05, 0.1) is 11.9 Å². The maximum absolute atomic E-state index is 13.2. The Balaban J connectivity index is 1.70. The van der Waals surface area contributed by atoms with Crippen LogP contribution in [0.2, 0.25) is 0 Å². The molecule has 3 rings (SSSR count). The lowest BCUT2D eigenvalue weighted by Gasteiger charge is -2.11. The number of nitrogens with one attached hydrogen (secondary N) is 2. The number of nitrogens with zero attached hydrogens (tertiary/aromatic N) is 1. The lowest BCUT2D eigenvalue weighted by Crippen LogP contribution is -2.12. The Kier molecular flexibility index (Phi) is 4.93. The number of benzene rings is 2. The number of aryl methyl sites for hydroxylation is 1. The van der Waals surface area contributed by atoms with Crippen LogP contribution in [0.1, 0.15) is 21.5 Å². The number of halogens is 2. The number of hydrogen-bond acceptors (Lipinski definition) is 3. The van der Waals surface area contributed by atoms with Crippen molar-refractivity contribution in [2.45, 2.75) is 13.8 Å². The van der Waals surface area contributed by atoms with Crippen LogP contribution < -0.4 is 10.6 Å². The van der Waals surface area contributed by atoms with E-state index in [9.17, 15) is 13.6 Å². The largest absolute Gasteiger partial charge is 0.340 e. The van der Waals surface area contributed by atoms with E-state index in [0.717, 1.165) is 23.4 Å². The topological polar surface area (TPSA) is 54.0 Å². The first-order chi connectivity index (χ1) is 12.4. The van der Waals surface area contributed by atoms with Crippen molar-refractivity contribution in [1.82, 2.24) is 4.98 Å². The van der Waals surface area contributed by atoms with Gasteiger partial charge in [0, 0.05) is 11.3 Å². The Morgan fingerprint density at radius 3 is 2.50 bits per heavy atom. The lowest BCUT2D eigenvalue weighted by atomic mass is 10.1. The Labute approximate surface area is 149 Å². The van der Waals surface area contributed by atoms with Gasteiger partial charge in [-0.1, -0.05) is 12.1 Å². The van der Waals surface area contributed by atoms with Crippen LogP contribution in [0.15, 0.2) is 54.7 Å². The first-order valence-corrected chi connectivity index (χ1v) is 8.00. The molecule has 0 bridgehead atoms. The fourth-order valence-electron chi connectivity index (χ4n) is 2.41. The van der Waals surface area contributed by atoms with Crippen LogP contribution in [-0.4, -0.2) is 10.9 Å². The summed E-state index contributed by atoms with van der Waals surface area (Å²) in [6, 6.07) is 12.3. The molecular weight excluding hydrogens is 336 g/mol. The molecule has 4 nitrogen and oxygen atoms in total. The fraction of sp³-hybridized carbons (Fsp3) is 0.100. The zero-order chi connectivity index (χ0) is 18.7. The highest BCUT2D eigenvalue weighted by Gasteiger charge is 2.10. The van der Waals surface area contributed by atoms with Crippen molar-refractivity contribution >= 4 is 23.1 Å². The van der Waals surface area contributed by atoms with Gasteiger partial charge in [-0.15, -0.1) is 0 Å². The van der Waals surface area contributed by atoms with Gasteiger partial charge in [-0.25, -0.2) is 13.8 Å². The molecule has 0 radical (unpaired) electrons. The molecule has 0 spiro atoms. The van der Waals surface area contributed by atoms with Crippen LogP contribution in [0, 0.1) is 25.5 Å². The second kappa shape index (κ2) is 7.31. The first-order valence-electron chi connectivity index (χ1n) is 8.00. The van der Waals surface area contributed by atoms with Gasteiger partial charge in [0.25, 0.3) is 5.91 Å². The average Bonchev–Trinajstić information content (AvgIpc) is 2.63. The van der Waals surface area contributed by atoms with Crippen molar-refractivity contribution in [3.63, 3.8) is 0 Å². The Morgan fingerprint density at radius 1 is 1.00 bits per heavy atom. The molecule has 0 fully saturated rings. The molecule has 1 heterocycles. The number of hydrogen-bond donors (Lipinski definition) is 2. The Morgan fingerprint density at radius 2 is 1.81 bits per heavy atom. The van der Waals surface area contributed by atoms with E-state index >= 15 is 0 Å². The molecule has 0 saturated heterocycles. The Bertz CT molecular complexity index is 956. The average molecular weight is 353 g/mol. The van der Waals surface area contributed by atoms with Crippen LogP contribution in [-0.2, 0) is 0 Å². The molecule has 1 amide bonds. The number of anilines is 3. The highest BCUT2D eigenvalue weighted by Crippen LogP contribution is 2.22. The molecule has 6 heteroatoms. The van der Waals surface area contributed by atoms with E-state index in [4.69, 9.17) is 0 Å². The predicted octanol–water partition coefficient (Wildman–Crippen LogP) is 4.97. The van der Waals surface area contributed by atoms with Crippen LogP contribution in [0.5, 0.6) is 0 Å². The highest BCUT2D eigenvalue weighted by molar-refractivity contribution is 6.04. The van der Waals surface area contributed by atoms with Gasteiger partial charge in [0.1, 0.15) is 5.82 Å². The van der Waals surface area contributed by atoms with E-state index < -0.39 is 17.5 Å². The summed E-state index contributed by atoms with van der Waals surface area (Å²) in [4.78, 5) is 16.4. The maximum atomic E-state index is 13.2. The van der Waals surface area contributed by atoms with Gasteiger partial charge in [0.15, 0.2) is 11.6 Å². The standard InChI is InChI=1S/C20H17F2N3O/c1-12-4-3-5-18(13(12)2)25-19-9-7-15(11-23-19)24-20(26)14-6-8-16(21)17(22)10-14/h3-11H,1-2H3,(H,23,25)(H,24,26). The van der Waals surface area contributed by atoms with E-state index in [1.54, 1.807) is 12.1 Å². The van der Waals surface area contributed by atoms with Crippen molar-refractivity contribution in [2.75, 3.05) is 10.6 Å². The summed E-state index contributed by atoms with van der Waals surface area (Å²) in [5.41, 5.74) is 3.74. The molecule has 0 saturated carbocycles. The van der Waals surface area contributed by atoms with Crippen molar-refractivity contribution in [3.8, 4) is 0 Å². The minimum atomic E-state index is -1.07. The monoisotopic (exact) mass is 353 g/mol. The molecule has 2 N–H and O–H groups in total. The van der Waals surface area contributed by atoms with Gasteiger partial charge in [0.2, 0.25) is 0 Å². The minimum Gasteiger partial charge on any atom is -0.340 e. The number of rotatable bonds is 4. The molecule has 0 aliphatic rings. The fourth-order valence-corrected chi connectivity index (χ4v) is 2.41. The van der Waals surface area contributed by atoms with E-state index in [0.29, 0.717) is 11.5 Å². The third-order valence-electron chi connectivity index (χ3n) is 4.07. The van der Waals surface area contributed by atoms with E-state index in [1.807, 2.05) is 32.0 Å². The molecular formula is C20H17F2N3O. The normalized spacial score (nSPS) is 10.5. The van der Waals surface area contributed by atoms with Gasteiger partial charge in [-0.05, 0) is 61.4 Å².